The zero-order valence-corrected chi connectivity index (χ0v) is 23.4. The highest BCUT2D eigenvalue weighted by Gasteiger charge is 2.63. The number of hydrogen-bond acceptors (Lipinski definition) is 6. The Morgan fingerprint density at radius 2 is 1.69 bits per heavy atom. The number of aliphatic hydroxyl groups excluding tert-OH is 2. The van der Waals surface area contributed by atoms with Crippen molar-refractivity contribution in [3.63, 3.8) is 0 Å². The standard InChI is InChI=1S/C28H46O7S/c1-14(2)15(3)24-25(34-24)16(4)18-9-10-19-17-7-8-21-26(35-36(31,32)33)23(30)22(29)13-28(21,6)20(17)11-12-27(18,19)5/h7,14-16,18-26,29-30H,8-13H2,1-6H3,(H,31,32,33)/t15-,16-,18+,19-,20-,21?,22+,23-,24-,25-,26-,27+,28+/m0/s1. The van der Waals surface area contributed by atoms with Crippen LogP contribution in [-0.2, 0) is 19.3 Å². The molecular weight excluding hydrogens is 480 g/mol. The highest BCUT2D eigenvalue weighted by Crippen LogP contribution is 2.67. The Morgan fingerprint density at radius 3 is 2.33 bits per heavy atom. The molecule has 0 aromatic carbocycles. The molecule has 0 radical (unpaired) electrons. The molecule has 0 bridgehead atoms. The second-order valence-corrected chi connectivity index (χ2v) is 14.7. The van der Waals surface area contributed by atoms with Crippen molar-refractivity contribution in [1.82, 2.24) is 0 Å². The molecule has 206 valence electrons. The predicted molar refractivity (Wildman–Crippen MR) is 136 cm³/mol. The zero-order valence-electron chi connectivity index (χ0n) is 22.6. The van der Waals surface area contributed by atoms with Crippen LogP contribution < -0.4 is 0 Å². The fourth-order valence-corrected chi connectivity index (χ4v) is 9.90. The van der Waals surface area contributed by atoms with E-state index in [9.17, 15) is 23.2 Å². The van der Waals surface area contributed by atoms with Gasteiger partial charge in [0.2, 0.25) is 0 Å². The van der Waals surface area contributed by atoms with Crippen molar-refractivity contribution in [2.24, 2.45) is 52.3 Å². The molecule has 0 spiro atoms. The van der Waals surface area contributed by atoms with Crippen molar-refractivity contribution >= 4 is 10.4 Å². The van der Waals surface area contributed by atoms with Crippen LogP contribution in [0.3, 0.4) is 0 Å². The average molecular weight is 527 g/mol. The Kier molecular flexibility index (Phi) is 6.78. The monoisotopic (exact) mass is 526 g/mol. The van der Waals surface area contributed by atoms with E-state index in [0.717, 1.165) is 19.3 Å². The number of aliphatic hydroxyl groups is 2. The summed E-state index contributed by atoms with van der Waals surface area (Å²) in [6.45, 7) is 13.9. The third-order valence-electron chi connectivity index (χ3n) is 11.7. The highest BCUT2D eigenvalue weighted by atomic mass is 32.3. The minimum absolute atomic E-state index is 0.208. The third kappa shape index (κ3) is 4.22. The molecule has 5 aliphatic rings. The lowest BCUT2D eigenvalue weighted by atomic mass is 9.47. The van der Waals surface area contributed by atoms with Crippen LogP contribution >= 0.6 is 0 Å². The molecular formula is C28H46O7S. The van der Waals surface area contributed by atoms with Gasteiger partial charge in [0.1, 0.15) is 12.2 Å². The van der Waals surface area contributed by atoms with E-state index in [0.29, 0.717) is 54.6 Å². The first kappa shape index (κ1) is 27.1. The van der Waals surface area contributed by atoms with Crippen molar-refractivity contribution in [2.75, 3.05) is 0 Å². The van der Waals surface area contributed by atoms with Crippen LogP contribution in [0.5, 0.6) is 0 Å². The van der Waals surface area contributed by atoms with Crippen LogP contribution in [0.15, 0.2) is 11.6 Å². The smallest absolute Gasteiger partial charge is 0.390 e. The topological polar surface area (TPSA) is 117 Å². The number of ether oxygens (including phenoxy) is 1. The lowest BCUT2D eigenvalue weighted by molar-refractivity contribution is -0.165. The summed E-state index contributed by atoms with van der Waals surface area (Å²) >= 11 is 0. The first-order valence-corrected chi connectivity index (χ1v) is 15.4. The van der Waals surface area contributed by atoms with Gasteiger partial charge in [0.25, 0.3) is 0 Å². The summed E-state index contributed by atoms with van der Waals surface area (Å²) in [5, 5.41) is 21.3. The second kappa shape index (κ2) is 9.02. The predicted octanol–water partition coefficient (Wildman–Crippen LogP) is 4.39. The molecule has 3 N–H and O–H groups in total. The summed E-state index contributed by atoms with van der Waals surface area (Å²) in [6.07, 6.45) is 4.85. The van der Waals surface area contributed by atoms with E-state index in [1.807, 2.05) is 0 Å². The van der Waals surface area contributed by atoms with Gasteiger partial charge in [-0.05, 0) is 90.8 Å². The van der Waals surface area contributed by atoms with E-state index in [-0.39, 0.29) is 17.3 Å². The summed E-state index contributed by atoms with van der Waals surface area (Å²) in [5.41, 5.74) is 1.27. The number of hydrogen-bond donors (Lipinski definition) is 3. The molecule has 13 atom stereocenters. The van der Waals surface area contributed by atoms with Crippen molar-refractivity contribution in [2.45, 2.75) is 111 Å². The Balaban J connectivity index is 1.39. The van der Waals surface area contributed by atoms with Crippen LogP contribution in [0.4, 0.5) is 0 Å². The molecule has 0 aromatic heterocycles. The largest absolute Gasteiger partial charge is 0.397 e. The van der Waals surface area contributed by atoms with E-state index in [1.165, 1.54) is 12.0 Å². The van der Waals surface area contributed by atoms with Gasteiger partial charge in [-0.15, -0.1) is 0 Å². The van der Waals surface area contributed by atoms with Crippen molar-refractivity contribution in [3.8, 4) is 0 Å². The van der Waals surface area contributed by atoms with Gasteiger partial charge in [-0.1, -0.05) is 53.2 Å². The maximum atomic E-state index is 11.6. The van der Waals surface area contributed by atoms with Crippen LogP contribution in [-0.4, -0.2) is 53.7 Å². The number of epoxide rings is 1. The maximum Gasteiger partial charge on any atom is 0.397 e. The van der Waals surface area contributed by atoms with Crippen LogP contribution in [0.2, 0.25) is 0 Å². The molecule has 36 heavy (non-hydrogen) atoms. The molecule has 5 rings (SSSR count). The summed E-state index contributed by atoms with van der Waals surface area (Å²) in [7, 11) is -4.75. The van der Waals surface area contributed by atoms with Gasteiger partial charge in [-0.2, -0.15) is 8.42 Å². The lowest BCUT2D eigenvalue weighted by Gasteiger charge is -2.59. The molecule has 8 heteroatoms. The number of fused-ring (bicyclic) bond motifs is 5. The van der Waals surface area contributed by atoms with Crippen LogP contribution in [0, 0.1) is 52.3 Å². The van der Waals surface area contributed by atoms with E-state index >= 15 is 0 Å². The molecule has 1 heterocycles. The van der Waals surface area contributed by atoms with Gasteiger partial charge in [0.05, 0.1) is 18.3 Å². The normalized spacial score (nSPS) is 50.1. The van der Waals surface area contributed by atoms with Crippen molar-refractivity contribution in [1.29, 1.82) is 0 Å². The first-order chi connectivity index (χ1) is 16.7. The second-order valence-electron chi connectivity index (χ2n) is 13.7. The van der Waals surface area contributed by atoms with Crippen LogP contribution in [0.1, 0.15) is 80.1 Å². The van der Waals surface area contributed by atoms with E-state index in [2.05, 4.69) is 47.6 Å². The number of allylic oxidation sites excluding steroid dienone is 2. The summed E-state index contributed by atoms with van der Waals surface area (Å²) < 4.78 is 43.8. The minimum atomic E-state index is -4.75. The minimum Gasteiger partial charge on any atom is -0.390 e. The summed E-state index contributed by atoms with van der Waals surface area (Å²) in [4.78, 5) is 0. The van der Waals surface area contributed by atoms with Gasteiger partial charge >= 0.3 is 10.4 Å². The number of rotatable bonds is 6. The van der Waals surface area contributed by atoms with Gasteiger partial charge in [-0.3, -0.25) is 4.55 Å². The van der Waals surface area contributed by atoms with Gasteiger partial charge in [-0.25, -0.2) is 4.18 Å². The van der Waals surface area contributed by atoms with Crippen molar-refractivity contribution in [3.05, 3.63) is 11.6 Å². The SMILES string of the molecule is CC(C)[C@H](C)[C@@H]1O[C@H]1[C@@H](C)[C@H]1CC[C@H]2C3=CCC4[C@H](OS(=O)(=O)O)[C@@H](O)[C@H](O)C[C@]4(C)[C@H]3CC[C@]12C. The Labute approximate surface area is 217 Å². The van der Waals surface area contributed by atoms with E-state index in [1.54, 1.807) is 0 Å². The van der Waals surface area contributed by atoms with Crippen LogP contribution in [0.25, 0.3) is 0 Å². The molecule has 4 aliphatic carbocycles. The van der Waals surface area contributed by atoms with E-state index in [4.69, 9.17) is 8.92 Å². The third-order valence-corrected chi connectivity index (χ3v) is 12.2. The van der Waals surface area contributed by atoms with Crippen molar-refractivity contribution < 1.29 is 32.1 Å². The van der Waals surface area contributed by atoms with Gasteiger partial charge in [0.15, 0.2) is 0 Å². The van der Waals surface area contributed by atoms with Gasteiger partial charge < -0.3 is 14.9 Å². The molecule has 7 nitrogen and oxygen atoms in total. The molecule has 4 fully saturated rings. The summed E-state index contributed by atoms with van der Waals surface area (Å²) in [5.74, 6) is 2.73. The molecule has 0 amide bonds. The molecule has 1 saturated heterocycles. The Bertz CT molecular complexity index is 994. The fraction of sp³-hybridized carbons (Fsp3) is 0.929. The Morgan fingerprint density at radius 1 is 1.03 bits per heavy atom. The molecule has 1 unspecified atom stereocenters. The Hall–Kier alpha value is -0.510. The molecule has 1 aliphatic heterocycles. The quantitative estimate of drug-likeness (QED) is 0.267. The zero-order chi connectivity index (χ0) is 26.4. The summed E-state index contributed by atoms with van der Waals surface area (Å²) in [6, 6.07) is 0. The highest BCUT2D eigenvalue weighted by molar-refractivity contribution is 7.80. The lowest BCUT2D eigenvalue weighted by Crippen LogP contribution is -2.60. The fourth-order valence-electron chi connectivity index (χ4n) is 9.37. The average Bonchev–Trinajstić information content (AvgIpc) is 3.49. The van der Waals surface area contributed by atoms with E-state index < -0.39 is 34.1 Å². The maximum absolute atomic E-state index is 11.6. The van der Waals surface area contributed by atoms with Gasteiger partial charge in [0, 0.05) is 0 Å². The first-order valence-electron chi connectivity index (χ1n) is 14.1. The molecule has 0 aromatic rings. The molecule has 3 saturated carbocycles.